The van der Waals surface area contributed by atoms with Crippen molar-refractivity contribution in [1.82, 2.24) is 19.2 Å². The first-order chi connectivity index (χ1) is 13.6. The molecule has 0 bridgehead atoms. The maximum atomic E-state index is 12.5. The van der Waals surface area contributed by atoms with Gasteiger partial charge in [0.25, 0.3) is 5.91 Å². The Bertz CT molecular complexity index is 1040. The SMILES string of the molecule is O=C(CCN1C(=O)/C(=C/c2ccc[nH]2)SC1=S)Nc1nc(-c2cccs2)ns1. The van der Waals surface area contributed by atoms with Crippen molar-refractivity contribution in [2.24, 2.45) is 0 Å². The van der Waals surface area contributed by atoms with E-state index in [1.165, 1.54) is 28.0 Å². The molecule has 2 amide bonds. The second-order valence-electron chi connectivity index (χ2n) is 5.66. The van der Waals surface area contributed by atoms with Crippen LogP contribution in [0.1, 0.15) is 12.1 Å². The van der Waals surface area contributed by atoms with Gasteiger partial charge in [-0.05, 0) is 29.7 Å². The van der Waals surface area contributed by atoms with Gasteiger partial charge in [-0.25, -0.2) is 0 Å². The van der Waals surface area contributed by atoms with Crippen LogP contribution in [0.4, 0.5) is 5.13 Å². The lowest BCUT2D eigenvalue weighted by Gasteiger charge is -2.13. The van der Waals surface area contributed by atoms with Crippen LogP contribution in [0.25, 0.3) is 16.8 Å². The van der Waals surface area contributed by atoms with Crippen LogP contribution >= 0.6 is 46.8 Å². The summed E-state index contributed by atoms with van der Waals surface area (Å²) >= 11 is 9.19. The molecule has 142 valence electrons. The molecule has 11 heteroatoms. The van der Waals surface area contributed by atoms with E-state index < -0.39 is 0 Å². The number of hydrogen-bond donors (Lipinski definition) is 2. The van der Waals surface area contributed by atoms with Crippen LogP contribution in [0.5, 0.6) is 0 Å². The summed E-state index contributed by atoms with van der Waals surface area (Å²) in [6.45, 7) is 0.217. The van der Waals surface area contributed by atoms with Crippen molar-refractivity contribution in [3.8, 4) is 10.7 Å². The van der Waals surface area contributed by atoms with Crippen molar-refractivity contribution in [3.05, 3.63) is 46.4 Å². The molecule has 0 unspecified atom stereocenters. The number of amides is 2. The first-order valence-electron chi connectivity index (χ1n) is 8.16. The first kappa shape index (κ1) is 19.0. The molecule has 0 saturated carbocycles. The van der Waals surface area contributed by atoms with Gasteiger partial charge in [-0.1, -0.05) is 30.0 Å². The fourth-order valence-electron chi connectivity index (χ4n) is 2.44. The normalized spacial score (nSPS) is 15.6. The highest BCUT2D eigenvalue weighted by Crippen LogP contribution is 2.32. The predicted molar refractivity (Wildman–Crippen MR) is 117 cm³/mol. The highest BCUT2D eigenvalue weighted by atomic mass is 32.2. The molecule has 0 aliphatic carbocycles. The minimum Gasteiger partial charge on any atom is -0.362 e. The van der Waals surface area contributed by atoms with Crippen molar-refractivity contribution < 1.29 is 9.59 Å². The van der Waals surface area contributed by atoms with Crippen LogP contribution in [0.3, 0.4) is 0 Å². The van der Waals surface area contributed by atoms with Crippen molar-refractivity contribution in [3.63, 3.8) is 0 Å². The molecule has 4 heterocycles. The minimum atomic E-state index is -0.240. The van der Waals surface area contributed by atoms with Gasteiger partial charge in [0.15, 0.2) is 5.82 Å². The van der Waals surface area contributed by atoms with Gasteiger partial charge in [0, 0.05) is 36.4 Å². The van der Waals surface area contributed by atoms with Gasteiger partial charge in [-0.15, -0.1) is 11.3 Å². The summed E-state index contributed by atoms with van der Waals surface area (Å²) in [6.07, 6.45) is 3.66. The number of rotatable bonds is 6. The average molecular weight is 448 g/mol. The lowest BCUT2D eigenvalue weighted by molar-refractivity contribution is -0.122. The number of aromatic nitrogens is 3. The summed E-state index contributed by atoms with van der Waals surface area (Å²) in [5.74, 6) is 0.172. The third-order valence-electron chi connectivity index (χ3n) is 3.76. The third kappa shape index (κ3) is 4.22. The number of nitrogens with one attached hydrogen (secondary N) is 2. The van der Waals surface area contributed by atoms with E-state index in [1.807, 2.05) is 29.6 Å². The largest absolute Gasteiger partial charge is 0.362 e. The van der Waals surface area contributed by atoms with Crippen molar-refractivity contribution in [1.29, 1.82) is 0 Å². The average Bonchev–Trinajstić information content (AvgIpc) is 3.44. The summed E-state index contributed by atoms with van der Waals surface area (Å²) in [5, 5.41) is 5.11. The number of nitrogens with zero attached hydrogens (tertiary/aromatic N) is 3. The van der Waals surface area contributed by atoms with Gasteiger partial charge in [-0.3, -0.25) is 14.5 Å². The van der Waals surface area contributed by atoms with Crippen molar-refractivity contribution >= 4 is 74.2 Å². The molecular weight excluding hydrogens is 434 g/mol. The van der Waals surface area contributed by atoms with Crippen LogP contribution in [0.2, 0.25) is 0 Å². The molecule has 0 aromatic carbocycles. The second kappa shape index (κ2) is 8.35. The molecule has 28 heavy (non-hydrogen) atoms. The molecule has 0 atom stereocenters. The molecule has 1 saturated heterocycles. The molecule has 3 aromatic rings. The molecule has 0 spiro atoms. The first-order valence-corrected chi connectivity index (χ1v) is 11.0. The summed E-state index contributed by atoms with van der Waals surface area (Å²) in [5.41, 5.74) is 0.830. The number of aromatic amines is 1. The number of H-pyrrole nitrogens is 1. The van der Waals surface area contributed by atoms with Crippen LogP contribution in [-0.2, 0) is 9.59 Å². The van der Waals surface area contributed by atoms with Crippen LogP contribution in [-0.4, -0.2) is 41.9 Å². The summed E-state index contributed by atoms with van der Waals surface area (Å²) < 4.78 is 4.70. The quantitative estimate of drug-likeness (QED) is 0.441. The smallest absolute Gasteiger partial charge is 0.266 e. The molecule has 2 N–H and O–H groups in total. The fourth-order valence-corrected chi connectivity index (χ4v) is 5.06. The zero-order chi connectivity index (χ0) is 19.5. The fraction of sp³-hybridized carbons (Fsp3) is 0.118. The highest BCUT2D eigenvalue weighted by molar-refractivity contribution is 8.26. The summed E-state index contributed by atoms with van der Waals surface area (Å²) in [7, 11) is 0. The lowest BCUT2D eigenvalue weighted by Crippen LogP contribution is -2.31. The standard InChI is InChI=1S/C17H13N5O2S4/c23-13(19-16-20-14(21-28-16)11-4-2-8-26-11)5-7-22-15(24)12(27-17(22)25)9-10-3-1-6-18-10/h1-4,6,8-9,18H,5,7H2,(H,19,20,21,23)/b12-9-. The maximum absolute atomic E-state index is 12.5. The van der Waals surface area contributed by atoms with E-state index in [-0.39, 0.29) is 24.8 Å². The van der Waals surface area contributed by atoms with Gasteiger partial charge >= 0.3 is 0 Å². The maximum Gasteiger partial charge on any atom is 0.266 e. The van der Waals surface area contributed by atoms with Crippen LogP contribution in [0, 0.1) is 0 Å². The van der Waals surface area contributed by atoms with E-state index in [9.17, 15) is 9.59 Å². The van der Waals surface area contributed by atoms with Crippen LogP contribution < -0.4 is 5.32 Å². The molecule has 0 radical (unpaired) electrons. The molecule has 1 aliphatic heterocycles. The summed E-state index contributed by atoms with van der Waals surface area (Å²) in [6, 6.07) is 7.57. The van der Waals surface area contributed by atoms with Gasteiger partial charge in [-0.2, -0.15) is 9.36 Å². The number of anilines is 1. The summed E-state index contributed by atoms with van der Waals surface area (Å²) in [4.78, 5) is 35.1. The highest BCUT2D eigenvalue weighted by Gasteiger charge is 2.32. The second-order valence-corrected chi connectivity index (χ2v) is 9.03. The Kier molecular flexibility index (Phi) is 5.67. The van der Waals surface area contributed by atoms with E-state index in [2.05, 4.69) is 19.7 Å². The monoisotopic (exact) mass is 447 g/mol. The number of carbonyl (C=O) groups is 2. The lowest BCUT2D eigenvalue weighted by atomic mass is 10.3. The van der Waals surface area contributed by atoms with E-state index in [0.29, 0.717) is 20.2 Å². The number of thioether (sulfide) groups is 1. The Balaban J connectivity index is 1.33. The molecule has 1 aliphatic rings. The topological polar surface area (TPSA) is 91.0 Å². The molecular formula is C17H13N5O2S4. The Morgan fingerprint density at radius 1 is 1.36 bits per heavy atom. The molecule has 7 nitrogen and oxygen atoms in total. The van der Waals surface area contributed by atoms with Gasteiger partial charge < -0.3 is 10.3 Å². The molecule has 1 fully saturated rings. The van der Waals surface area contributed by atoms with Gasteiger partial charge in [0.2, 0.25) is 11.0 Å². The molecule has 3 aromatic heterocycles. The van der Waals surface area contributed by atoms with E-state index in [4.69, 9.17) is 12.2 Å². The van der Waals surface area contributed by atoms with E-state index in [0.717, 1.165) is 22.1 Å². The van der Waals surface area contributed by atoms with Crippen LogP contribution in [0.15, 0.2) is 40.7 Å². The third-order valence-corrected chi connectivity index (χ3v) is 6.63. The number of thiophene rings is 1. The zero-order valence-corrected chi connectivity index (χ0v) is 17.5. The van der Waals surface area contributed by atoms with E-state index >= 15 is 0 Å². The number of hydrogen-bond acceptors (Lipinski definition) is 8. The number of carbonyl (C=O) groups excluding carboxylic acids is 2. The Labute approximate surface area is 178 Å². The number of thiocarbonyl (C=S) groups is 1. The van der Waals surface area contributed by atoms with Crippen molar-refractivity contribution in [2.75, 3.05) is 11.9 Å². The van der Waals surface area contributed by atoms with E-state index in [1.54, 1.807) is 12.3 Å². The van der Waals surface area contributed by atoms with Gasteiger partial charge in [0.1, 0.15) is 4.32 Å². The molecule has 4 rings (SSSR count). The zero-order valence-electron chi connectivity index (χ0n) is 14.2. The van der Waals surface area contributed by atoms with Crippen molar-refractivity contribution in [2.45, 2.75) is 6.42 Å². The Hall–Kier alpha value is -2.34. The minimum absolute atomic E-state index is 0.121. The Morgan fingerprint density at radius 2 is 2.25 bits per heavy atom. The van der Waals surface area contributed by atoms with Gasteiger partial charge in [0.05, 0.1) is 9.78 Å². The Morgan fingerprint density at radius 3 is 3.00 bits per heavy atom. The predicted octanol–water partition coefficient (Wildman–Crippen LogP) is 3.82.